The lowest BCUT2D eigenvalue weighted by atomic mass is 10.1. The first-order valence-electron chi connectivity index (χ1n) is 13.5. The van der Waals surface area contributed by atoms with Gasteiger partial charge >= 0.3 is 0 Å². The molecule has 1 atom stereocenters. The smallest absolute Gasteiger partial charge is 0.264 e. The molecule has 12 heteroatoms. The molecule has 1 unspecified atom stereocenters. The third kappa shape index (κ3) is 7.73. The zero-order valence-electron chi connectivity index (χ0n) is 22.8. The molecular weight excluding hydrogens is 549 g/mol. The lowest BCUT2D eigenvalue weighted by molar-refractivity contribution is -0.134. The molecule has 2 saturated heterocycles. The number of carbonyl (C=O) groups is 3. The van der Waals surface area contributed by atoms with Crippen LogP contribution in [0.3, 0.4) is 0 Å². The Morgan fingerprint density at radius 2 is 1.93 bits per heavy atom. The van der Waals surface area contributed by atoms with E-state index in [1.165, 1.54) is 29.5 Å². The second-order valence-electron chi connectivity index (χ2n) is 10.0. The molecule has 2 aliphatic heterocycles. The van der Waals surface area contributed by atoms with E-state index in [1.54, 1.807) is 4.90 Å². The van der Waals surface area contributed by atoms with E-state index in [4.69, 9.17) is 9.47 Å². The van der Waals surface area contributed by atoms with Crippen LogP contribution in [0.2, 0.25) is 0 Å². The fourth-order valence-electron chi connectivity index (χ4n) is 4.69. The van der Waals surface area contributed by atoms with Gasteiger partial charge in [-0.1, -0.05) is 23.5 Å². The molecule has 1 N–H and O–H groups in total. The number of fused-ring (bicyclic) bond motifs is 1. The number of halogens is 1. The van der Waals surface area contributed by atoms with Crippen molar-refractivity contribution in [1.82, 2.24) is 19.7 Å². The second kappa shape index (κ2) is 13.3. The molecule has 3 heterocycles. The maximum Gasteiger partial charge on any atom is 0.264 e. The third-order valence-corrected chi connectivity index (χ3v) is 7.95. The molecule has 2 aliphatic rings. The molecule has 41 heavy (non-hydrogen) atoms. The van der Waals surface area contributed by atoms with Crippen molar-refractivity contribution < 1.29 is 28.2 Å². The number of hydrogen-bond acceptors (Lipinski definition) is 9. The van der Waals surface area contributed by atoms with E-state index >= 15 is 0 Å². The van der Waals surface area contributed by atoms with Crippen molar-refractivity contribution >= 4 is 44.3 Å². The van der Waals surface area contributed by atoms with Crippen LogP contribution < -0.4 is 10.1 Å². The Morgan fingerprint density at radius 3 is 2.71 bits per heavy atom. The number of anilines is 1. The highest BCUT2D eigenvalue weighted by Gasteiger charge is 2.26. The van der Waals surface area contributed by atoms with Crippen LogP contribution in [0.4, 0.5) is 9.52 Å². The number of ketones is 1. The Labute approximate surface area is 241 Å². The first kappa shape index (κ1) is 28.8. The third-order valence-electron chi connectivity index (χ3n) is 7.00. The average Bonchev–Trinajstić information content (AvgIpc) is 3.38. The van der Waals surface area contributed by atoms with Crippen LogP contribution in [0.5, 0.6) is 5.75 Å². The first-order valence-corrected chi connectivity index (χ1v) is 14.3. The highest BCUT2D eigenvalue weighted by Crippen LogP contribution is 2.25. The maximum atomic E-state index is 14.6. The summed E-state index contributed by atoms with van der Waals surface area (Å²) in [5.74, 6) is -2.24. The van der Waals surface area contributed by atoms with Crippen LogP contribution in [-0.4, -0.2) is 109 Å². The molecule has 0 bridgehead atoms. The standard InChI is InChI=1S/C29H32FN5O5S/c1-33-10-12-34(13-11-33)17-21-18-35(14-15-39-21)28(38)9-7-24(36)20-6-8-25(22(30)16-20)40-19-27(37)32-29-31-23-4-2-3-5-26(23)41-29/h2-9,16,21H,10-15,17-19H2,1H3,(H,31,32,37)/b9-7+. The summed E-state index contributed by atoms with van der Waals surface area (Å²) in [6.07, 6.45) is 2.29. The Morgan fingerprint density at radius 1 is 1.12 bits per heavy atom. The number of likely N-dealkylation sites (N-methyl/N-ethyl adjacent to an activating group) is 1. The van der Waals surface area contributed by atoms with Gasteiger partial charge in [-0.05, 0) is 43.5 Å². The van der Waals surface area contributed by atoms with Crippen molar-refractivity contribution in [2.75, 3.05) is 71.4 Å². The van der Waals surface area contributed by atoms with Gasteiger partial charge < -0.3 is 19.3 Å². The van der Waals surface area contributed by atoms with Gasteiger partial charge in [-0.25, -0.2) is 9.37 Å². The van der Waals surface area contributed by atoms with Gasteiger partial charge in [-0.2, -0.15) is 0 Å². The number of hydrogen-bond donors (Lipinski definition) is 1. The predicted molar refractivity (Wildman–Crippen MR) is 154 cm³/mol. The number of thiazole rings is 1. The Bertz CT molecular complexity index is 1400. The minimum atomic E-state index is -0.789. The number of aromatic nitrogens is 1. The maximum absolute atomic E-state index is 14.6. The van der Waals surface area contributed by atoms with Gasteiger partial charge in [-0.15, -0.1) is 0 Å². The van der Waals surface area contributed by atoms with Gasteiger partial charge in [-0.3, -0.25) is 24.6 Å². The summed E-state index contributed by atoms with van der Waals surface area (Å²) in [6, 6.07) is 11.2. The minimum Gasteiger partial charge on any atom is -0.481 e. The monoisotopic (exact) mass is 581 g/mol. The number of para-hydroxylation sites is 1. The fraction of sp³-hybridized carbons (Fsp3) is 0.379. The molecule has 0 spiro atoms. The lowest BCUT2D eigenvalue weighted by Crippen LogP contribution is -2.52. The Balaban J connectivity index is 1.09. The van der Waals surface area contributed by atoms with E-state index in [0.717, 1.165) is 55.1 Å². The number of rotatable bonds is 9. The van der Waals surface area contributed by atoms with Crippen LogP contribution in [0.15, 0.2) is 54.6 Å². The summed E-state index contributed by atoms with van der Waals surface area (Å²) in [7, 11) is 2.10. The number of ether oxygens (including phenoxy) is 2. The predicted octanol–water partition coefficient (Wildman–Crippen LogP) is 2.67. The van der Waals surface area contributed by atoms with Gasteiger partial charge in [0.2, 0.25) is 5.91 Å². The number of amides is 2. The molecule has 2 aromatic carbocycles. The van der Waals surface area contributed by atoms with Crippen molar-refractivity contribution in [3.05, 3.63) is 66.0 Å². The summed E-state index contributed by atoms with van der Waals surface area (Å²) in [5, 5.41) is 3.06. The zero-order chi connectivity index (χ0) is 28.8. The number of piperazine rings is 1. The van der Waals surface area contributed by atoms with Crippen molar-refractivity contribution in [2.45, 2.75) is 6.10 Å². The van der Waals surface area contributed by atoms with E-state index in [-0.39, 0.29) is 23.3 Å². The summed E-state index contributed by atoms with van der Waals surface area (Å²) in [5.41, 5.74) is 0.832. The van der Waals surface area contributed by atoms with Gasteiger partial charge in [0.15, 0.2) is 29.1 Å². The van der Waals surface area contributed by atoms with E-state index < -0.39 is 24.1 Å². The van der Waals surface area contributed by atoms with Crippen molar-refractivity contribution in [3.63, 3.8) is 0 Å². The molecule has 3 aromatic rings. The molecule has 216 valence electrons. The molecule has 0 radical (unpaired) electrons. The quantitative estimate of drug-likeness (QED) is 0.304. The number of nitrogens with one attached hydrogen (secondary N) is 1. The van der Waals surface area contributed by atoms with Crippen molar-refractivity contribution in [2.24, 2.45) is 0 Å². The SMILES string of the molecule is CN1CCN(CC2CN(C(=O)/C=C/C(=O)c3ccc(OCC(=O)Nc4nc5ccccc5s4)c(F)c3)CCO2)CC1. The van der Waals surface area contributed by atoms with Crippen molar-refractivity contribution in [1.29, 1.82) is 0 Å². The molecule has 1 aromatic heterocycles. The summed E-state index contributed by atoms with van der Waals surface area (Å²) in [4.78, 5) is 48.2. The van der Waals surface area contributed by atoms with E-state index in [1.807, 2.05) is 24.3 Å². The average molecular weight is 582 g/mol. The lowest BCUT2D eigenvalue weighted by Gasteiger charge is -2.38. The Hall–Kier alpha value is -3.71. The van der Waals surface area contributed by atoms with Crippen LogP contribution in [0, 0.1) is 5.82 Å². The van der Waals surface area contributed by atoms with Crippen molar-refractivity contribution in [3.8, 4) is 5.75 Å². The highest BCUT2D eigenvalue weighted by molar-refractivity contribution is 7.22. The summed E-state index contributed by atoms with van der Waals surface area (Å²) in [6.45, 7) is 5.63. The van der Waals surface area contributed by atoms with Crippen LogP contribution in [0.1, 0.15) is 10.4 Å². The minimum absolute atomic E-state index is 0.0627. The molecule has 0 saturated carbocycles. The number of nitrogens with zero attached hydrogens (tertiary/aromatic N) is 4. The van der Waals surface area contributed by atoms with Gasteiger partial charge in [0.25, 0.3) is 5.91 Å². The van der Waals surface area contributed by atoms with Gasteiger partial charge in [0.1, 0.15) is 0 Å². The number of allylic oxidation sites excluding steroid dienone is 1. The fourth-order valence-corrected chi connectivity index (χ4v) is 5.57. The van der Waals surface area contributed by atoms with E-state index in [9.17, 15) is 18.8 Å². The van der Waals surface area contributed by atoms with Gasteiger partial charge in [0, 0.05) is 57.5 Å². The number of morpholine rings is 1. The molecule has 5 rings (SSSR count). The zero-order valence-corrected chi connectivity index (χ0v) is 23.6. The van der Waals surface area contributed by atoms with Gasteiger partial charge in [0.05, 0.1) is 22.9 Å². The molecular formula is C29H32FN5O5S. The van der Waals surface area contributed by atoms with Crippen LogP contribution in [0.25, 0.3) is 10.2 Å². The second-order valence-corrected chi connectivity index (χ2v) is 11.1. The topological polar surface area (TPSA) is 104 Å². The number of carbonyl (C=O) groups excluding carboxylic acids is 3. The molecule has 2 fully saturated rings. The normalized spacial score (nSPS) is 18.6. The van der Waals surface area contributed by atoms with E-state index in [0.29, 0.717) is 24.8 Å². The molecule has 10 nitrogen and oxygen atoms in total. The Kier molecular flexibility index (Phi) is 9.35. The highest BCUT2D eigenvalue weighted by atomic mass is 32.1. The largest absolute Gasteiger partial charge is 0.481 e. The van der Waals surface area contributed by atoms with Crippen LogP contribution >= 0.6 is 11.3 Å². The number of benzene rings is 2. The molecule has 2 amide bonds. The summed E-state index contributed by atoms with van der Waals surface area (Å²) < 4.78 is 26.7. The first-order chi connectivity index (χ1) is 19.8. The van der Waals surface area contributed by atoms with E-state index in [2.05, 4.69) is 27.1 Å². The van der Waals surface area contributed by atoms with Crippen LogP contribution in [-0.2, 0) is 14.3 Å². The molecule has 0 aliphatic carbocycles. The summed E-state index contributed by atoms with van der Waals surface area (Å²) >= 11 is 1.33.